The van der Waals surface area contributed by atoms with Crippen LogP contribution in [0.3, 0.4) is 0 Å². The number of aromatic nitrogens is 2. The quantitative estimate of drug-likeness (QED) is 0.568. The highest BCUT2D eigenvalue weighted by Crippen LogP contribution is 1.91. The van der Waals surface area contributed by atoms with Gasteiger partial charge in [-0.25, -0.2) is 0 Å². The van der Waals surface area contributed by atoms with Gasteiger partial charge < -0.3 is 10.6 Å². The van der Waals surface area contributed by atoms with Gasteiger partial charge in [0, 0.05) is 24.3 Å². The van der Waals surface area contributed by atoms with Crippen LogP contribution in [0.25, 0.3) is 0 Å². The number of hydrogen-bond acceptors (Lipinski definition) is 3. The molecular weight excluding hydrogens is 176 g/mol. The molecule has 4 nitrogen and oxygen atoms in total. The minimum absolute atomic E-state index is 0.587. The van der Waals surface area contributed by atoms with E-state index in [1.54, 1.807) is 0 Å². The molecule has 3 N–H and O–H groups in total. The molecule has 0 aromatic carbocycles. The van der Waals surface area contributed by atoms with Crippen molar-refractivity contribution >= 4 is 0 Å². The van der Waals surface area contributed by atoms with Crippen molar-refractivity contribution in [1.29, 1.82) is 0 Å². The van der Waals surface area contributed by atoms with Crippen LogP contribution in [0.1, 0.15) is 25.8 Å². The number of aromatic amines is 1. The summed E-state index contributed by atoms with van der Waals surface area (Å²) in [6, 6.07) is 0.587. The first-order chi connectivity index (χ1) is 6.79. The molecule has 0 bridgehead atoms. The molecule has 0 aliphatic rings. The van der Waals surface area contributed by atoms with Crippen molar-refractivity contribution in [3.05, 3.63) is 18.0 Å². The highest BCUT2D eigenvalue weighted by Gasteiger charge is 1.93. The molecule has 1 aromatic rings. The van der Waals surface area contributed by atoms with Gasteiger partial charge in [0.25, 0.3) is 0 Å². The molecule has 0 atom stereocenters. The van der Waals surface area contributed by atoms with Crippen LogP contribution < -0.4 is 10.6 Å². The molecule has 1 rings (SSSR count). The lowest BCUT2D eigenvalue weighted by Crippen LogP contribution is -2.26. The van der Waals surface area contributed by atoms with Crippen LogP contribution in [0.5, 0.6) is 0 Å². The fourth-order valence-corrected chi connectivity index (χ4v) is 1.21. The zero-order chi connectivity index (χ0) is 10.2. The van der Waals surface area contributed by atoms with Crippen molar-refractivity contribution in [3.63, 3.8) is 0 Å². The van der Waals surface area contributed by atoms with Crippen LogP contribution >= 0.6 is 0 Å². The van der Waals surface area contributed by atoms with Crippen LogP contribution in [-0.4, -0.2) is 29.3 Å². The molecule has 4 heteroatoms. The van der Waals surface area contributed by atoms with Gasteiger partial charge in [-0.2, -0.15) is 5.10 Å². The lowest BCUT2D eigenvalue weighted by atomic mass is 10.3. The third-order valence-electron chi connectivity index (χ3n) is 1.97. The van der Waals surface area contributed by atoms with Gasteiger partial charge in [-0.15, -0.1) is 0 Å². The first-order valence-corrected chi connectivity index (χ1v) is 5.21. The van der Waals surface area contributed by atoms with Gasteiger partial charge >= 0.3 is 0 Å². The maximum Gasteiger partial charge on any atom is 0.0532 e. The SMILES string of the molecule is CC(C)NCCCNCc1cn[nH]c1. The van der Waals surface area contributed by atoms with Crippen molar-refractivity contribution in [2.75, 3.05) is 13.1 Å². The summed E-state index contributed by atoms with van der Waals surface area (Å²) in [5, 5.41) is 13.4. The summed E-state index contributed by atoms with van der Waals surface area (Å²) < 4.78 is 0. The normalized spacial score (nSPS) is 11.1. The second kappa shape index (κ2) is 6.56. The Morgan fingerprint density at radius 3 is 2.93 bits per heavy atom. The first kappa shape index (κ1) is 11.2. The Balaban J connectivity index is 1.90. The second-order valence-corrected chi connectivity index (χ2v) is 3.75. The Labute approximate surface area is 85.5 Å². The summed E-state index contributed by atoms with van der Waals surface area (Å²) >= 11 is 0. The van der Waals surface area contributed by atoms with E-state index >= 15 is 0 Å². The van der Waals surface area contributed by atoms with Crippen LogP contribution in [-0.2, 0) is 6.54 Å². The lowest BCUT2D eigenvalue weighted by Gasteiger charge is -2.07. The van der Waals surface area contributed by atoms with E-state index in [0.29, 0.717) is 6.04 Å². The molecule has 1 aromatic heterocycles. The van der Waals surface area contributed by atoms with Crippen LogP contribution in [0, 0.1) is 0 Å². The van der Waals surface area contributed by atoms with Gasteiger partial charge in [0.1, 0.15) is 0 Å². The number of H-pyrrole nitrogens is 1. The van der Waals surface area contributed by atoms with Gasteiger partial charge in [0.05, 0.1) is 6.20 Å². The average molecular weight is 196 g/mol. The minimum atomic E-state index is 0.587. The van der Waals surface area contributed by atoms with E-state index in [0.717, 1.165) is 26.1 Å². The van der Waals surface area contributed by atoms with Crippen molar-refractivity contribution in [2.24, 2.45) is 0 Å². The lowest BCUT2D eigenvalue weighted by molar-refractivity contribution is 0.547. The fraction of sp³-hybridized carbons (Fsp3) is 0.700. The molecular formula is C10H20N4. The number of nitrogens with zero attached hydrogens (tertiary/aromatic N) is 1. The Morgan fingerprint density at radius 2 is 2.29 bits per heavy atom. The molecule has 1 heterocycles. The van der Waals surface area contributed by atoms with Gasteiger partial charge in [0.15, 0.2) is 0 Å². The zero-order valence-electron chi connectivity index (χ0n) is 9.01. The molecule has 0 aliphatic carbocycles. The molecule has 0 aliphatic heterocycles. The summed E-state index contributed by atoms with van der Waals surface area (Å²) in [6.07, 6.45) is 4.93. The van der Waals surface area contributed by atoms with Crippen molar-refractivity contribution in [1.82, 2.24) is 20.8 Å². The molecule has 0 amide bonds. The smallest absolute Gasteiger partial charge is 0.0532 e. The summed E-state index contributed by atoms with van der Waals surface area (Å²) in [6.45, 7) is 7.36. The molecule has 80 valence electrons. The monoisotopic (exact) mass is 196 g/mol. The maximum absolute atomic E-state index is 3.88. The molecule has 0 saturated heterocycles. The number of rotatable bonds is 7. The van der Waals surface area contributed by atoms with E-state index in [1.165, 1.54) is 5.56 Å². The Kier molecular flexibility index (Phi) is 5.25. The third-order valence-corrected chi connectivity index (χ3v) is 1.97. The molecule has 0 spiro atoms. The molecule has 14 heavy (non-hydrogen) atoms. The topological polar surface area (TPSA) is 52.7 Å². The molecule has 0 unspecified atom stereocenters. The van der Waals surface area contributed by atoms with E-state index in [9.17, 15) is 0 Å². The van der Waals surface area contributed by atoms with Gasteiger partial charge in [0.2, 0.25) is 0 Å². The number of hydrogen-bond donors (Lipinski definition) is 3. The summed E-state index contributed by atoms with van der Waals surface area (Å²) in [5.74, 6) is 0. The van der Waals surface area contributed by atoms with Gasteiger partial charge in [-0.1, -0.05) is 13.8 Å². The highest BCUT2D eigenvalue weighted by atomic mass is 15.1. The van der Waals surface area contributed by atoms with Crippen LogP contribution in [0.2, 0.25) is 0 Å². The highest BCUT2D eigenvalue weighted by molar-refractivity contribution is 5.01. The number of nitrogens with one attached hydrogen (secondary N) is 3. The van der Waals surface area contributed by atoms with Crippen molar-refractivity contribution in [3.8, 4) is 0 Å². The predicted molar refractivity (Wildman–Crippen MR) is 58.1 cm³/mol. The van der Waals surface area contributed by atoms with Gasteiger partial charge in [-0.3, -0.25) is 5.10 Å². The molecule has 0 radical (unpaired) electrons. The molecule has 0 saturated carbocycles. The molecule has 0 fully saturated rings. The van der Waals surface area contributed by atoms with Gasteiger partial charge in [-0.05, 0) is 19.5 Å². The van der Waals surface area contributed by atoms with E-state index in [1.807, 2.05) is 12.4 Å². The fourth-order valence-electron chi connectivity index (χ4n) is 1.21. The van der Waals surface area contributed by atoms with E-state index in [-0.39, 0.29) is 0 Å². The van der Waals surface area contributed by atoms with Crippen molar-refractivity contribution in [2.45, 2.75) is 32.9 Å². The summed E-state index contributed by atoms with van der Waals surface area (Å²) in [4.78, 5) is 0. The van der Waals surface area contributed by atoms with E-state index in [4.69, 9.17) is 0 Å². The predicted octanol–water partition coefficient (Wildman–Crippen LogP) is 0.887. The first-order valence-electron chi connectivity index (χ1n) is 5.21. The average Bonchev–Trinajstić information content (AvgIpc) is 2.63. The minimum Gasteiger partial charge on any atom is -0.314 e. The Hall–Kier alpha value is -0.870. The second-order valence-electron chi connectivity index (χ2n) is 3.75. The summed E-state index contributed by atoms with van der Waals surface area (Å²) in [5.41, 5.74) is 1.21. The largest absolute Gasteiger partial charge is 0.314 e. The van der Waals surface area contributed by atoms with E-state index in [2.05, 4.69) is 34.7 Å². The summed E-state index contributed by atoms with van der Waals surface area (Å²) in [7, 11) is 0. The van der Waals surface area contributed by atoms with Crippen LogP contribution in [0.15, 0.2) is 12.4 Å². The Bertz CT molecular complexity index is 218. The van der Waals surface area contributed by atoms with E-state index < -0.39 is 0 Å². The van der Waals surface area contributed by atoms with Crippen molar-refractivity contribution < 1.29 is 0 Å². The zero-order valence-corrected chi connectivity index (χ0v) is 9.01. The Morgan fingerprint density at radius 1 is 1.43 bits per heavy atom. The third kappa shape index (κ3) is 4.99. The maximum atomic E-state index is 3.88. The standard InChI is InChI=1S/C10H20N4/c1-9(2)12-5-3-4-11-6-10-7-13-14-8-10/h7-9,11-12H,3-6H2,1-2H3,(H,13,14). The van der Waals surface area contributed by atoms with Crippen LogP contribution in [0.4, 0.5) is 0 Å².